The number of nitrogens with one attached hydrogen (secondary N) is 1. The van der Waals surface area contributed by atoms with Crippen LogP contribution in [-0.2, 0) is 4.74 Å². The number of rotatable bonds is 30. The summed E-state index contributed by atoms with van der Waals surface area (Å²) in [6.07, 6.45) is 39.3. The number of alkyl carbamates (subject to hydrolysis) is 1. The maximum absolute atomic E-state index is 12.4. The van der Waals surface area contributed by atoms with Crippen molar-refractivity contribution in [3.63, 3.8) is 0 Å². The summed E-state index contributed by atoms with van der Waals surface area (Å²) >= 11 is 0. The van der Waals surface area contributed by atoms with Gasteiger partial charge in [-0.25, -0.2) is 4.79 Å². The molecule has 0 saturated heterocycles. The lowest BCUT2D eigenvalue weighted by Crippen LogP contribution is -2.31. The highest BCUT2D eigenvalue weighted by Gasteiger charge is 2.14. The van der Waals surface area contributed by atoms with Crippen molar-refractivity contribution in [2.75, 3.05) is 27.2 Å². The zero-order valence-electron chi connectivity index (χ0n) is 27.5. The quantitative estimate of drug-likeness (QED) is 0.0699. The molecular formula is C36H70N2O2. The summed E-state index contributed by atoms with van der Waals surface area (Å²) in [6.45, 7) is 6.20. The Balaban J connectivity index is 4.04. The van der Waals surface area contributed by atoms with E-state index in [9.17, 15) is 4.79 Å². The lowest BCUT2D eigenvalue weighted by molar-refractivity contribution is 0.0840. The van der Waals surface area contributed by atoms with Crippen LogP contribution in [0, 0.1) is 0 Å². The molecule has 0 bridgehead atoms. The minimum Gasteiger partial charge on any atom is -0.446 e. The smallest absolute Gasteiger partial charge is 0.407 e. The summed E-state index contributed by atoms with van der Waals surface area (Å²) in [5, 5.41) is 2.96. The molecule has 1 amide bonds. The van der Waals surface area contributed by atoms with Crippen molar-refractivity contribution >= 4 is 6.09 Å². The van der Waals surface area contributed by atoms with Crippen molar-refractivity contribution in [3.05, 3.63) is 24.3 Å². The molecule has 0 saturated carbocycles. The van der Waals surface area contributed by atoms with E-state index in [0.29, 0.717) is 6.54 Å². The van der Waals surface area contributed by atoms with E-state index in [4.69, 9.17) is 4.74 Å². The number of carbonyl (C=O) groups is 1. The summed E-state index contributed by atoms with van der Waals surface area (Å²) in [4.78, 5) is 14.5. The van der Waals surface area contributed by atoms with E-state index in [1.54, 1.807) is 0 Å². The van der Waals surface area contributed by atoms with Gasteiger partial charge in [-0.2, -0.15) is 0 Å². The molecule has 0 aliphatic carbocycles. The molecule has 1 N–H and O–H groups in total. The van der Waals surface area contributed by atoms with Crippen LogP contribution < -0.4 is 5.32 Å². The van der Waals surface area contributed by atoms with E-state index in [0.717, 1.165) is 38.6 Å². The van der Waals surface area contributed by atoms with E-state index in [1.165, 1.54) is 122 Å². The first-order chi connectivity index (χ1) is 19.6. The fraction of sp³-hybridized carbons (Fsp3) is 0.861. The van der Waals surface area contributed by atoms with Crippen LogP contribution >= 0.6 is 0 Å². The third-order valence-corrected chi connectivity index (χ3v) is 7.68. The van der Waals surface area contributed by atoms with Gasteiger partial charge >= 0.3 is 6.09 Å². The minimum atomic E-state index is -0.224. The molecule has 1 unspecified atom stereocenters. The number of nitrogens with zero attached hydrogens (tertiary/aromatic N) is 1. The second-order valence-electron chi connectivity index (χ2n) is 12.1. The lowest BCUT2D eigenvalue weighted by atomic mass is 10.0. The monoisotopic (exact) mass is 563 g/mol. The van der Waals surface area contributed by atoms with Gasteiger partial charge < -0.3 is 15.0 Å². The second-order valence-corrected chi connectivity index (χ2v) is 12.1. The molecule has 4 nitrogen and oxygen atoms in total. The summed E-state index contributed by atoms with van der Waals surface area (Å²) in [5.41, 5.74) is 0. The highest BCUT2D eigenvalue weighted by atomic mass is 16.6. The van der Waals surface area contributed by atoms with Gasteiger partial charge in [-0.1, -0.05) is 128 Å². The Kier molecular flexibility index (Phi) is 31.2. The first kappa shape index (κ1) is 38.7. The third-order valence-electron chi connectivity index (χ3n) is 7.68. The number of ether oxygens (including phenoxy) is 1. The first-order valence-electron chi connectivity index (χ1n) is 17.5. The zero-order chi connectivity index (χ0) is 29.4. The molecule has 0 aromatic carbocycles. The van der Waals surface area contributed by atoms with E-state index < -0.39 is 0 Å². The predicted octanol–water partition coefficient (Wildman–Crippen LogP) is 11.2. The van der Waals surface area contributed by atoms with E-state index in [-0.39, 0.29) is 12.2 Å². The third kappa shape index (κ3) is 31.2. The van der Waals surface area contributed by atoms with Gasteiger partial charge in [0.1, 0.15) is 6.10 Å². The average Bonchev–Trinajstić information content (AvgIpc) is 2.94. The number of unbranched alkanes of at least 4 members (excludes halogenated alkanes) is 17. The molecule has 0 radical (unpaired) electrons. The Morgan fingerprint density at radius 2 is 1.07 bits per heavy atom. The highest BCUT2D eigenvalue weighted by Crippen LogP contribution is 2.17. The van der Waals surface area contributed by atoms with Crippen LogP contribution in [0.4, 0.5) is 4.79 Å². The zero-order valence-corrected chi connectivity index (χ0v) is 27.5. The Bertz CT molecular complexity index is 573. The topological polar surface area (TPSA) is 41.6 Å². The van der Waals surface area contributed by atoms with Crippen LogP contribution in [0.1, 0.15) is 168 Å². The van der Waals surface area contributed by atoms with Crippen LogP contribution in [0.5, 0.6) is 0 Å². The van der Waals surface area contributed by atoms with Crippen molar-refractivity contribution in [1.29, 1.82) is 0 Å². The number of amides is 1. The lowest BCUT2D eigenvalue weighted by Gasteiger charge is -2.19. The Hall–Kier alpha value is -1.29. The SMILES string of the molecule is CCCCC/C=C\C/C=C\CCCCCCCC(CCCCCCCCCCCC)OC(=O)NCCCN(C)C. The molecule has 0 aromatic rings. The molecule has 0 aliphatic rings. The van der Waals surface area contributed by atoms with Gasteiger partial charge in [0.15, 0.2) is 0 Å². The summed E-state index contributed by atoms with van der Waals surface area (Å²) < 4.78 is 5.88. The first-order valence-corrected chi connectivity index (χ1v) is 17.5. The van der Waals surface area contributed by atoms with Gasteiger partial charge in [0.05, 0.1) is 0 Å². The Labute approximate surface area is 251 Å². The van der Waals surface area contributed by atoms with Crippen molar-refractivity contribution < 1.29 is 9.53 Å². The number of hydrogen-bond acceptors (Lipinski definition) is 3. The maximum Gasteiger partial charge on any atom is 0.407 e. The van der Waals surface area contributed by atoms with Gasteiger partial charge in [0.2, 0.25) is 0 Å². The van der Waals surface area contributed by atoms with Gasteiger partial charge in [0.25, 0.3) is 0 Å². The highest BCUT2D eigenvalue weighted by molar-refractivity contribution is 5.67. The Morgan fingerprint density at radius 1 is 0.625 bits per heavy atom. The van der Waals surface area contributed by atoms with E-state index in [2.05, 4.69) is 62.5 Å². The van der Waals surface area contributed by atoms with E-state index >= 15 is 0 Å². The van der Waals surface area contributed by atoms with Gasteiger partial charge in [-0.3, -0.25) is 0 Å². The fourth-order valence-electron chi connectivity index (χ4n) is 5.08. The molecule has 0 spiro atoms. The summed E-state index contributed by atoms with van der Waals surface area (Å²) in [7, 11) is 4.12. The van der Waals surface area contributed by atoms with Gasteiger partial charge in [-0.05, 0) is 84.8 Å². The molecule has 4 heteroatoms. The number of carbonyl (C=O) groups excluding carboxylic acids is 1. The number of allylic oxidation sites excluding steroid dienone is 4. The fourth-order valence-corrected chi connectivity index (χ4v) is 5.08. The largest absolute Gasteiger partial charge is 0.446 e. The van der Waals surface area contributed by atoms with Gasteiger partial charge in [-0.15, -0.1) is 0 Å². The van der Waals surface area contributed by atoms with E-state index in [1.807, 2.05) is 0 Å². The van der Waals surface area contributed by atoms with Crippen molar-refractivity contribution in [2.45, 2.75) is 174 Å². The molecular weight excluding hydrogens is 492 g/mol. The van der Waals surface area contributed by atoms with Crippen LogP contribution in [-0.4, -0.2) is 44.3 Å². The summed E-state index contributed by atoms with van der Waals surface area (Å²) in [6, 6.07) is 0. The molecule has 0 heterocycles. The molecule has 0 aromatic heterocycles. The van der Waals surface area contributed by atoms with Crippen molar-refractivity contribution in [1.82, 2.24) is 10.2 Å². The van der Waals surface area contributed by atoms with Crippen LogP contribution in [0.15, 0.2) is 24.3 Å². The predicted molar refractivity (Wildman–Crippen MR) is 177 cm³/mol. The Morgan fingerprint density at radius 3 is 1.60 bits per heavy atom. The standard InChI is InChI=1S/C36H70N2O2/c1-5-7-9-11-13-15-17-18-19-20-21-23-25-27-29-32-35(40-36(39)37-33-30-34-38(3)4)31-28-26-24-22-16-14-12-10-8-6-2/h13,15,18-19,35H,5-12,14,16-17,20-34H2,1-4H3,(H,37,39)/b15-13-,19-18-. The molecule has 0 fully saturated rings. The van der Waals surface area contributed by atoms with Crippen molar-refractivity contribution in [2.24, 2.45) is 0 Å². The molecule has 40 heavy (non-hydrogen) atoms. The normalized spacial score (nSPS) is 12.6. The molecule has 236 valence electrons. The molecule has 0 aliphatic heterocycles. The number of hydrogen-bond donors (Lipinski definition) is 1. The van der Waals surface area contributed by atoms with Crippen LogP contribution in [0.25, 0.3) is 0 Å². The van der Waals surface area contributed by atoms with Crippen LogP contribution in [0.2, 0.25) is 0 Å². The van der Waals surface area contributed by atoms with Crippen molar-refractivity contribution in [3.8, 4) is 0 Å². The summed E-state index contributed by atoms with van der Waals surface area (Å²) in [5.74, 6) is 0. The molecule has 0 rings (SSSR count). The van der Waals surface area contributed by atoms with Crippen LogP contribution in [0.3, 0.4) is 0 Å². The minimum absolute atomic E-state index is 0.0702. The molecule has 1 atom stereocenters. The van der Waals surface area contributed by atoms with Gasteiger partial charge in [0, 0.05) is 6.54 Å². The maximum atomic E-state index is 12.4. The second kappa shape index (κ2) is 32.2. The average molecular weight is 563 g/mol.